The summed E-state index contributed by atoms with van der Waals surface area (Å²) < 4.78 is 21.9. The monoisotopic (exact) mass is 435 g/mol. The molecule has 5 nitrogen and oxygen atoms in total. The Morgan fingerprint density at radius 2 is 1.94 bits per heavy atom. The summed E-state index contributed by atoms with van der Waals surface area (Å²) >= 11 is 0. The van der Waals surface area contributed by atoms with Crippen molar-refractivity contribution in [1.82, 2.24) is 14.7 Å². The van der Waals surface area contributed by atoms with Crippen LogP contribution in [0.25, 0.3) is 5.69 Å². The third kappa shape index (κ3) is 5.01. The van der Waals surface area contributed by atoms with Crippen molar-refractivity contribution in [2.24, 2.45) is 11.8 Å². The first-order valence-corrected chi connectivity index (χ1v) is 11.3. The van der Waals surface area contributed by atoms with Crippen molar-refractivity contribution >= 4 is 5.91 Å². The molecule has 6 heteroatoms. The minimum atomic E-state index is -0.365. The van der Waals surface area contributed by atoms with E-state index in [1.54, 1.807) is 16.8 Å². The lowest BCUT2D eigenvalue weighted by Crippen LogP contribution is -2.35. The van der Waals surface area contributed by atoms with Crippen LogP contribution in [0.3, 0.4) is 0 Å². The quantitative estimate of drug-likeness (QED) is 0.429. The molecule has 0 atom stereocenters. The molecule has 1 heterocycles. The Bertz CT molecular complexity index is 1070. The summed E-state index contributed by atoms with van der Waals surface area (Å²) in [7, 11) is 0. The van der Waals surface area contributed by atoms with Gasteiger partial charge in [-0.2, -0.15) is 5.10 Å². The van der Waals surface area contributed by atoms with E-state index in [0.717, 1.165) is 23.5 Å². The Hall–Kier alpha value is -3.15. The van der Waals surface area contributed by atoms with Crippen LogP contribution >= 0.6 is 0 Å². The van der Waals surface area contributed by atoms with Crippen molar-refractivity contribution in [2.75, 3.05) is 6.54 Å². The number of aryl methyl sites for hydroxylation is 1. The maximum absolute atomic E-state index is 13.9. The lowest BCUT2D eigenvalue weighted by atomic mass is 10.1. The average Bonchev–Trinajstić information content (AvgIpc) is 3.55. The van der Waals surface area contributed by atoms with Gasteiger partial charge in [-0.1, -0.05) is 45.0 Å². The van der Waals surface area contributed by atoms with E-state index in [4.69, 9.17) is 9.84 Å². The molecule has 168 valence electrons. The fourth-order valence-corrected chi connectivity index (χ4v) is 3.81. The molecule has 1 aromatic heterocycles. The van der Waals surface area contributed by atoms with Crippen LogP contribution in [0.15, 0.2) is 54.6 Å². The van der Waals surface area contributed by atoms with E-state index >= 15 is 0 Å². The van der Waals surface area contributed by atoms with E-state index in [1.165, 1.54) is 25.0 Å². The number of amides is 1. The lowest BCUT2D eigenvalue weighted by molar-refractivity contribution is -0.135. The summed E-state index contributed by atoms with van der Waals surface area (Å²) in [6.07, 6.45) is 3.03. The van der Waals surface area contributed by atoms with Crippen LogP contribution in [0.5, 0.6) is 11.6 Å². The molecule has 1 aliphatic carbocycles. The van der Waals surface area contributed by atoms with Gasteiger partial charge in [-0.15, -0.1) is 0 Å². The molecule has 0 aliphatic heterocycles. The molecule has 4 rings (SSSR count). The highest BCUT2D eigenvalue weighted by molar-refractivity contribution is 5.78. The van der Waals surface area contributed by atoms with E-state index in [1.807, 2.05) is 56.0 Å². The highest BCUT2D eigenvalue weighted by Gasteiger charge is 2.30. The van der Waals surface area contributed by atoms with Crippen molar-refractivity contribution in [3.05, 3.63) is 71.7 Å². The summed E-state index contributed by atoms with van der Waals surface area (Å²) in [4.78, 5) is 14.9. The third-order valence-corrected chi connectivity index (χ3v) is 5.70. The van der Waals surface area contributed by atoms with Crippen LogP contribution < -0.4 is 4.74 Å². The molecule has 0 unspecified atom stereocenters. The summed E-state index contributed by atoms with van der Waals surface area (Å²) in [6.45, 7) is 7.08. The average molecular weight is 436 g/mol. The van der Waals surface area contributed by atoms with Crippen LogP contribution in [-0.2, 0) is 17.8 Å². The Labute approximate surface area is 188 Å². The van der Waals surface area contributed by atoms with Gasteiger partial charge in [-0.3, -0.25) is 4.79 Å². The van der Waals surface area contributed by atoms with Crippen LogP contribution in [0, 0.1) is 17.7 Å². The van der Waals surface area contributed by atoms with Crippen LogP contribution in [0.4, 0.5) is 4.39 Å². The predicted molar refractivity (Wildman–Crippen MR) is 122 cm³/mol. The largest absolute Gasteiger partial charge is 0.438 e. The van der Waals surface area contributed by atoms with Crippen molar-refractivity contribution in [3.63, 3.8) is 0 Å². The summed E-state index contributed by atoms with van der Waals surface area (Å²) in [5.41, 5.74) is 2.59. The number of carbonyl (C=O) groups is 1. The van der Waals surface area contributed by atoms with Gasteiger partial charge in [0.05, 0.1) is 23.5 Å². The van der Waals surface area contributed by atoms with E-state index < -0.39 is 0 Å². The predicted octanol–water partition coefficient (Wildman–Crippen LogP) is 5.76. The molecule has 32 heavy (non-hydrogen) atoms. The first-order valence-electron chi connectivity index (χ1n) is 11.3. The van der Waals surface area contributed by atoms with Crippen LogP contribution in [-0.4, -0.2) is 27.1 Å². The number of benzene rings is 2. The van der Waals surface area contributed by atoms with Crippen molar-refractivity contribution in [1.29, 1.82) is 0 Å². The minimum absolute atomic E-state index is 0.0874. The number of ether oxygens (including phenoxy) is 1. The number of rotatable bonds is 9. The fraction of sp³-hybridized carbons (Fsp3) is 0.385. The number of hydrogen-bond acceptors (Lipinski definition) is 3. The smallest absolute Gasteiger partial charge is 0.227 e. The van der Waals surface area contributed by atoms with Gasteiger partial charge in [0.1, 0.15) is 11.6 Å². The Balaban J connectivity index is 1.78. The zero-order valence-corrected chi connectivity index (χ0v) is 18.9. The molecular weight excluding hydrogens is 405 g/mol. The minimum Gasteiger partial charge on any atom is -0.438 e. The second-order valence-electron chi connectivity index (χ2n) is 8.71. The molecule has 1 amide bonds. The summed E-state index contributed by atoms with van der Waals surface area (Å²) in [5, 5.41) is 4.83. The first kappa shape index (κ1) is 22.1. The van der Waals surface area contributed by atoms with Crippen LogP contribution in [0.2, 0.25) is 0 Å². The topological polar surface area (TPSA) is 47.4 Å². The molecule has 1 saturated carbocycles. The van der Waals surface area contributed by atoms with E-state index in [-0.39, 0.29) is 17.6 Å². The highest BCUT2D eigenvalue weighted by atomic mass is 19.1. The number of nitrogens with zero attached hydrogens (tertiary/aromatic N) is 3. The SMILES string of the molecule is CCc1nn(-c2ccccc2)c(Oc2cccc(F)c2)c1CN(CC1CC1)C(=O)C(C)C. The number of halogens is 1. The second-order valence-corrected chi connectivity index (χ2v) is 8.71. The van der Waals surface area contributed by atoms with Gasteiger partial charge >= 0.3 is 0 Å². The molecule has 1 aliphatic rings. The number of hydrogen-bond donors (Lipinski definition) is 0. The molecule has 3 aromatic rings. The van der Waals surface area contributed by atoms with Gasteiger partial charge in [-0.05, 0) is 49.4 Å². The number of para-hydroxylation sites is 1. The zero-order chi connectivity index (χ0) is 22.7. The fourth-order valence-electron chi connectivity index (χ4n) is 3.81. The number of aromatic nitrogens is 2. The van der Waals surface area contributed by atoms with Gasteiger partial charge in [0, 0.05) is 18.5 Å². The molecule has 0 saturated heterocycles. The number of carbonyl (C=O) groups excluding carboxylic acids is 1. The molecule has 0 bridgehead atoms. The van der Waals surface area contributed by atoms with Crippen molar-refractivity contribution in [2.45, 2.75) is 46.6 Å². The maximum atomic E-state index is 13.9. The molecule has 0 spiro atoms. The summed E-state index contributed by atoms with van der Waals surface area (Å²) in [6, 6.07) is 15.8. The highest BCUT2D eigenvalue weighted by Crippen LogP contribution is 2.35. The van der Waals surface area contributed by atoms with Crippen molar-refractivity contribution in [3.8, 4) is 17.3 Å². The molecule has 2 aromatic carbocycles. The van der Waals surface area contributed by atoms with Crippen molar-refractivity contribution < 1.29 is 13.9 Å². The molecule has 0 radical (unpaired) electrons. The first-order chi connectivity index (χ1) is 15.5. The third-order valence-electron chi connectivity index (χ3n) is 5.70. The van der Waals surface area contributed by atoms with Crippen LogP contribution in [0.1, 0.15) is 44.9 Å². The standard InChI is InChI=1S/C26H30FN3O2/c1-4-24-23(17-29(16-19-13-14-19)25(31)18(2)3)26(32-22-12-8-9-20(27)15-22)30(28-24)21-10-6-5-7-11-21/h5-12,15,18-19H,4,13-14,16-17H2,1-3H3. The van der Waals surface area contributed by atoms with E-state index in [9.17, 15) is 9.18 Å². The summed E-state index contributed by atoms with van der Waals surface area (Å²) in [5.74, 6) is 1.17. The molecule has 1 fully saturated rings. The Morgan fingerprint density at radius 1 is 1.19 bits per heavy atom. The van der Waals surface area contributed by atoms with E-state index in [2.05, 4.69) is 0 Å². The second kappa shape index (κ2) is 9.55. The van der Waals surface area contributed by atoms with Gasteiger partial charge in [-0.25, -0.2) is 9.07 Å². The normalized spacial score (nSPS) is 13.4. The van der Waals surface area contributed by atoms with Gasteiger partial charge < -0.3 is 9.64 Å². The molecule has 0 N–H and O–H groups in total. The molecular formula is C26H30FN3O2. The Kier molecular flexibility index (Phi) is 6.58. The lowest BCUT2D eigenvalue weighted by Gasteiger charge is -2.25. The van der Waals surface area contributed by atoms with Gasteiger partial charge in [0.15, 0.2) is 0 Å². The van der Waals surface area contributed by atoms with E-state index in [0.29, 0.717) is 30.5 Å². The maximum Gasteiger partial charge on any atom is 0.227 e. The van der Waals surface area contributed by atoms with Gasteiger partial charge in [0.2, 0.25) is 11.8 Å². The van der Waals surface area contributed by atoms with Gasteiger partial charge in [0.25, 0.3) is 0 Å². The Morgan fingerprint density at radius 3 is 2.56 bits per heavy atom. The zero-order valence-electron chi connectivity index (χ0n) is 18.9.